The van der Waals surface area contributed by atoms with Crippen molar-refractivity contribution >= 4 is 11.9 Å². The molecule has 2 rings (SSSR count). The quantitative estimate of drug-likeness (QED) is 0.628. The minimum Gasteiger partial charge on any atom is -0.287 e. The lowest BCUT2D eigenvalue weighted by molar-refractivity contribution is 0.103. The Balaban J connectivity index is 2.12. The topological polar surface area (TPSA) is 73.6 Å². The van der Waals surface area contributed by atoms with E-state index >= 15 is 0 Å². The lowest BCUT2D eigenvalue weighted by Gasteiger charge is -2.15. The highest BCUT2D eigenvalue weighted by molar-refractivity contribution is 6.05. The van der Waals surface area contributed by atoms with E-state index in [1.807, 2.05) is 0 Å². The first-order valence-corrected chi connectivity index (χ1v) is 6.27. The van der Waals surface area contributed by atoms with Gasteiger partial charge < -0.3 is 0 Å². The van der Waals surface area contributed by atoms with Crippen LogP contribution < -0.4 is 0 Å². The van der Waals surface area contributed by atoms with Gasteiger partial charge in [0.1, 0.15) is 11.5 Å². The number of rotatable bonds is 3. The molecule has 0 aliphatic heterocycles. The summed E-state index contributed by atoms with van der Waals surface area (Å²) in [6.45, 7) is 6.16. The van der Waals surface area contributed by atoms with Crippen molar-refractivity contribution in [3.63, 3.8) is 0 Å². The molecule has 0 radical (unpaired) electrons. The molecule has 0 aliphatic carbocycles. The number of nitrogens with zero attached hydrogens (tertiary/aromatic N) is 5. The zero-order chi connectivity index (χ0) is 14.8. The van der Waals surface area contributed by atoms with E-state index in [2.05, 4.69) is 41.1 Å². The number of ketones is 1. The maximum absolute atomic E-state index is 11.9. The maximum Gasteiger partial charge on any atom is 0.205 e. The van der Waals surface area contributed by atoms with Crippen LogP contribution in [0.3, 0.4) is 0 Å². The van der Waals surface area contributed by atoms with Gasteiger partial charge >= 0.3 is 0 Å². The van der Waals surface area contributed by atoms with Crippen molar-refractivity contribution in [3.05, 3.63) is 41.7 Å². The molecule has 0 unspecified atom stereocenters. The van der Waals surface area contributed by atoms with Crippen LogP contribution >= 0.6 is 0 Å². The number of allylic oxidation sites excluding steroid dienone is 1. The fourth-order valence-corrected chi connectivity index (χ4v) is 1.58. The van der Waals surface area contributed by atoms with E-state index in [4.69, 9.17) is 0 Å². The van der Waals surface area contributed by atoms with Gasteiger partial charge in [0, 0.05) is 30.4 Å². The zero-order valence-corrected chi connectivity index (χ0v) is 12.0. The predicted octanol–water partition coefficient (Wildman–Crippen LogP) is 1.80. The van der Waals surface area contributed by atoms with Gasteiger partial charge in [0.15, 0.2) is 0 Å². The normalized spacial score (nSPS) is 12.0. The Kier molecular flexibility index (Phi) is 3.74. The smallest absolute Gasteiger partial charge is 0.205 e. The Morgan fingerprint density at radius 1 is 1.20 bits per heavy atom. The van der Waals surface area contributed by atoms with Crippen LogP contribution in [0.15, 0.2) is 24.7 Å². The van der Waals surface area contributed by atoms with Gasteiger partial charge in [-0.15, -0.1) is 5.10 Å². The monoisotopic (exact) mass is 271 g/mol. The number of carbonyl (C=O) groups excluding carboxylic acids is 1. The third-order valence-corrected chi connectivity index (χ3v) is 2.74. The minimum absolute atomic E-state index is 0.0849. The van der Waals surface area contributed by atoms with E-state index in [0.717, 1.165) is 11.4 Å². The largest absolute Gasteiger partial charge is 0.287 e. The van der Waals surface area contributed by atoms with Crippen LogP contribution in [0.5, 0.6) is 0 Å². The number of hydrogen-bond donors (Lipinski definition) is 0. The maximum atomic E-state index is 11.9. The number of carbonyl (C=O) groups is 1. The van der Waals surface area contributed by atoms with E-state index in [1.165, 1.54) is 17.0 Å². The lowest BCUT2D eigenvalue weighted by Crippen LogP contribution is -2.15. The van der Waals surface area contributed by atoms with E-state index in [-0.39, 0.29) is 11.2 Å². The Labute approximate surface area is 117 Å². The molecule has 0 saturated carbocycles. The summed E-state index contributed by atoms with van der Waals surface area (Å²) in [5, 5.41) is 7.39. The van der Waals surface area contributed by atoms with Crippen molar-refractivity contribution in [1.82, 2.24) is 25.0 Å². The highest BCUT2D eigenvalue weighted by Crippen LogP contribution is 2.17. The van der Waals surface area contributed by atoms with Gasteiger partial charge in [0.25, 0.3) is 0 Å². The van der Waals surface area contributed by atoms with Crippen LogP contribution in [0.2, 0.25) is 0 Å². The molecule has 2 aromatic heterocycles. The highest BCUT2D eigenvalue weighted by atomic mass is 16.1. The van der Waals surface area contributed by atoms with E-state index in [1.54, 1.807) is 25.5 Å². The van der Waals surface area contributed by atoms with Crippen LogP contribution in [0.4, 0.5) is 0 Å². The molecule has 0 aromatic carbocycles. The van der Waals surface area contributed by atoms with Crippen LogP contribution in [-0.4, -0.2) is 30.7 Å². The molecule has 2 heterocycles. The van der Waals surface area contributed by atoms with Gasteiger partial charge in [-0.1, -0.05) is 26.0 Å². The summed E-state index contributed by atoms with van der Waals surface area (Å²) in [4.78, 5) is 20.5. The van der Waals surface area contributed by atoms with Gasteiger partial charge in [-0.25, -0.2) is 14.6 Å². The Morgan fingerprint density at radius 2 is 1.85 bits per heavy atom. The molecular weight excluding hydrogens is 254 g/mol. The predicted molar refractivity (Wildman–Crippen MR) is 75.1 cm³/mol. The van der Waals surface area contributed by atoms with Crippen LogP contribution in [0.1, 0.15) is 42.6 Å². The highest BCUT2D eigenvalue weighted by Gasteiger charge is 2.16. The van der Waals surface area contributed by atoms with Crippen molar-refractivity contribution < 1.29 is 4.79 Å². The molecule has 6 heteroatoms. The molecule has 104 valence electrons. The van der Waals surface area contributed by atoms with Crippen molar-refractivity contribution in [1.29, 1.82) is 0 Å². The Morgan fingerprint density at radius 3 is 2.35 bits per heavy atom. The summed E-state index contributed by atoms with van der Waals surface area (Å²) < 4.78 is 1.44. The molecule has 0 aliphatic rings. The third-order valence-electron chi connectivity index (χ3n) is 2.74. The summed E-state index contributed by atoms with van der Waals surface area (Å²) >= 11 is 0. The number of aromatic nitrogens is 5. The van der Waals surface area contributed by atoms with Gasteiger partial charge in [-0.05, 0) is 12.2 Å². The van der Waals surface area contributed by atoms with E-state index in [9.17, 15) is 4.79 Å². The molecule has 0 spiro atoms. The second-order valence-electron chi connectivity index (χ2n) is 5.53. The van der Waals surface area contributed by atoms with Crippen LogP contribution in [0.25, 0.3) is 6.08 Å². The standard InChI is InChI=1S/C14H17N5O/c1-14(2,3)13-15-7-10(8-16-13)5-6-12(20)11-9-17-18-19(11)4/h5-9H,1-4H3/b6-5+. The lowest BCUT2D eigenvalue weighted by atomic mass is 9.96. The summed E-state index contributed by atoms with van der Waals surface area (Å²) in [7, 11) is 1.68. The zero-order valence-electron chi connectivity index (χ0n) is 12.0. The van der Waals surface area contributed by atoms with Crippen molar-refractivity contribution in [2.45, 2.75) is 26.2 Å². The first-order valence-electron chi connectivity index (χ1n) is 6.27. The average Bonchev–Trinajstić information content (AvgIpc) is 2.82. The molecule has 0 saturated heterocycles. The minimum atomic E-state index is -0.155. The molecule has 0 fully saturated rings. The molecule has 0 amide bonds. The SMILES string of the molecule is Cn1nncc1C(=O)/C=C/c1cnc(C(C)(C)C)nc1. The van der Waals surface area contributed by atoms with Crippen molar-refractivity contribution in [2.75, 3.05) is 0 Å². The molecule has 0 N–H and O–H groups in total. The number of aryl methyl sites for hydroxylation is 1. The summed E-state index contributed by atoms with van der Waals surface area (Å²) in [5.74, 6) is 0.620. The first-order chi connectivity index (χ1) is 9.38. The van der Waals surface area contributed by atoms with Gasteiger partial charge in [0.05, 0.1) is 6.20 Å². The van der Waals surface area contributed by atoms with E-state index in [0.29, 0.717) is 5.69 Å². The fourth-order valence-electron chi connectivity index (χ4n) is 1.58. The van der Waals surface area contributed by atoms with E-state index < -0.39 is 0 Å². The molecule has 0 atom stereocenters. The van der Waals surface area contributed by atoms with Crippen LogP contribution in [0, 0.1) is 0 Å². The Hall–Kier alpha value is -2.37. The van der Waals surface area contributed by atoms with Gasteiger partial charge in [0.2, 0.25) is 5.78 Å². The fraction of sp³-hybridized carbons (Fsp3) is 0.357. The molecule has 6 nitrogen and oxygen atoms in total. The Bertz CT molecular complexity index is 634. The summed E-state index contributed by atoms with van der Waals surface area (Å²) in [6, 6.07) is 0. The van der Waals surface area contributed by atoms with Crippen molar-refractivity contribution in [3.8, 4) is 0 Å². The summed E-state index contributed by atoms with van der Waals surface area (Å²) in [6.07, 6.45) is 8.00. The van der Waals surface area contributed by atoms with Gasteiger partial charge in [-0.3, -0.25) is 4.79 Å². The van der Waals surface area contributed by atoms with Crippen molar-refractivity contribution in [2.24, 2.45) is 7.05 Å². The van der Waals surface area contributed by atoms with Crippen LogP contribution in [-0.2, 0) is 12.5 Å². The van der Waals surface area contributed by atoms with Gasteiger partial charge in [-0.2, -0.15) is 0 Å². The molecule has 20 heavy (non-hydrogen) atoms. The third kappa shape index (κ3) is 3.14. The molecule has 0 bridgehead atoms. The molecule has 2 aromatic rings. The average molecular weight is 271 g/mol. The molecular formula is C14H17N5O. The number of hydrogen-bond acceptors (Lipinski definition) is 5. The summed E-state index contributed by atoms with van der Waals surface area (Å²) in [5.41, 5.74) is 1.13. The second kappa shape index (κ2) is 5.32. The first kappa shape index (κ1) is 14.0. The second-order valence-corrected chi connectivity index (χ2v) is 5.53.